The number of benzene rings is 1. The summed E-state index contributed by atoms with van der Waals surface area (Å²) in [6.45, 7) is 0.793. The first kappa shape index (κ1) is 23.7. The van der Waals surface area contributed by atoms with Crippen LogP contribution in [0.15, 0.2) is 58.4 Å². The molecule has 1 aliphatic rings. The van der Waals surface area contributed by atoms with Gasteiger partial charge in [-0.05, 0) is 12.1 Å². The molecule has 4 N–H and O–H groups in total. The summed E-state index contributed by atoms with van der Waals surface area (Å²) >= 11 is 0. The van der Waals surface area contributed by atoms with Crippen molar-refractivity contribution in [1.29, 1.82) is 0 Å². The van der Waals surface area contributed by atoms with E-state index in [0.29, 0.717) is 35.9 Å². The van der Waals surface area contributed by atoms with Gasteiger partial charge >= 0.3 is 0 Å². The highest BCUT2D eigenvalue weighted by Crippen LogP contribution is 2.23. The number of halogens is 2. The molecule has 14 heteroatoms. The summed E-state index contributed by atoms with van der Waals surface area (Å²) in [4.78, 5) is 25.9. The number of aliphatic imine (C=N–C) groups is 1. The lowest BCUT2D eigenvalue weighted by Gasteiger charge is -2.28. The number of anilines is 1. The summed E-state index contributed by atoms with van der Waals surface area (Å²) in [5, 5.41) is 11.7. The predicted octanol–water partition coefficient (Wildman–Crippen LogP) is 1.44. The van der Waals surface area contributed by atoms with E-state index in [2.05, 4.69) is 30.3 Å². The van der Waals surface area contributed by atoms with Crippen LogP contribution in [0.25, 0.3) is 5.70 Å². The fraction of sp³-hybridized carbons (Fsp3) is 0.174. The Kier molecular flexibility index (Phi) is 6.36. The average molecular weight is 506 g/mol. The molecular formula is C23H20F2N10O2. The topological polar surface area (TPSA) is 167 Å². The summed E-state index contributed by atoms with van der Waals surface area (Å²) in [5.41, 5.74) is 12.7. The lowest BCUT2D eigenvalue weighted by Crippen LogP contribution is -2.36. The van der Waals surface area contributed by atoms with Crippen molar-refractivity contribution in [3.05, 3.63) is 89.2 Å². The fourth-order valence-electron chi connectivity index (χ4n) is 3.79. The molecule has 0 saturated heterocycles. The van der Waals surface area contributed by atoms with Gasteiger partial charge in [-0.2, -0.15) is 0 Å². The van der Waals surface area contributed by atoms with Crippen LogP contribution in [0.2, 0.25) is 0 Å². The van der Waals surface area contributed by atoms with Gasteiger partial charge in [0.05, 0.1) is 30.7 Å². The monoisotopic (exact) mass is 506 g/mol. The van der Waals surface area contributed by atoms with E-state index in [1.807, 2.05) is 0 Å². The number of hydrogen-bond acceptors (Lipinski definition) is 10. The second-order valence-electron chi connectivity index (χ2n) is 8.02. The number of fused-ring (bicyclic) bond motifs is 1. The van der Waals surface area contributed by atoms with Crippen molar-refractivity contribution in [2.45, 2.75) is 19.6 Å². The molecule has 3 aromatic heterocycles. The Balaban J connectivity index is 1.43. The number of amides is 1. The van der Waals surface area contributed by atoms with Gasteiger partial charge in [-0.3, -0.25) is 9.79 Å². The molecule has 0 aliphatic carbocycles. The molecule has 0 spiro atoms. The first-order chi connectivity index (χ1) is 17.9. The third-order valence-corrected chi connectivity index (χ3v) is 5.63. The summed E-state index contributed by atoms with van der Waals surface area (Å²) in [6.07, 6.45) is 3.84. The van der Waals surface area contributed by atoms with Crippen LogP contribution in [0, 0.1) is 11.6 Å². The number of hydrogen-bond donors (Lipinski definition) is 2. The highest BCUT2D eigenvalue weighted by atomic mass is 19.1. The number of carbonyl (C=O) groups is 1. The maximum Gasteiger partial charge on any atom is 0.286 e. The van der Waals surface area contributed by atoms with Crippen LogP contribution < -0.4 is 16.4 Å². The van der Waals surface area contributed by atoms with Gasteiger partial charge in [0.1, 0.15) is 17.8 Å². The highest BCUT2D eigenvalue weighted by molar-refractivity contribution is 6.10. The van der Waals surface area contributed by atoms with Crippen molar-refractivity contribution in [3.8, 4) is 0 Å². The summed E-state index contributed by atoms with van der Waals surface area (Å²) in [5.74, 6) is -1.22. The largest absolute Gasteiger partial charge is 0.396 e. The van der Waals surface area contributed by atoms with Gasteiger partial charge in [-0.15, -0.1) is 10.2 Å². The summed E-state index contributed by atoms with van der Waals surface area (Å²) < 4.78 is 35.3. The SMILES string of the molecule is NC(=O)c1nnc2n1CCN(c1nc(C(N)=CC(=NCc3ccccc3F)c3ccon3)ncc1F)C2. The standard InChI is InChI=1S/C23H20F2N10O2/c24-14-4-2-1-3-13(14)10-28-18(17-5-8-37-33-17)9-16(26)21-29-11-15(25)22(30-21)34-6-7-35-19(12-34)31-32-23(35)20(27)36/h1-5,8-9,11H,6-7,10,12,26H2,(H2,27,36). The molecule has 12 nitrogen and oxygen atoms in total. The number of nitrogens with zero attached hydrogens (tertiary/aromatic N) is 8. The van der Waals surface area contributed by atoms with Crippen molar-refractivity contribution in [1.82, 2.24) is 29.9 Å². The number of carbonyl (C=O) groups excluding carboxylic acids is 1. The first-order valence-corrected chi connectivity index (χ1v) is 11.1. The van der Waals surface area contributed by atoms with Crippen LogP contribution in [0.3, 0.4) is 0 Å². The number of rotatable bonds is 7. The van der Waals surface area contributed by atoms with Gasteiger partial charge in [0, 0.05) is 24.7 Å². The molecule has 0 radical (unpaired) electrons. The minimum Gasteiger partial charge on any atom is -0.396 e. The molecule has 4 aromatic rings. The molecule has 0 unspecified atom stereocenters. The van der Waals surface area contributed by atoms with Crippen LogP contribution in [-0.2, 0) is 19.6 Å². The number of allylic oxidation sites excluding steroid dienone is 1. The van der Waals surface area contributed by atoms with Gasteiger partial charge in [0.15, 0.2) is 23.3 Å². The van der Waals surface area contributed by atoms with Gasteiger partial charge < -0.3 is 25.5 Å². The molecule has 37 heavy (non-hydrogen) atoms. The zero-order valence-corrected chi connectivity index (χ0v) is 19.3. The molecule has 1 amide bonds. The van der Waals surface area contributed by atoms with Crippen molar-refractivity contribution in [3.63, 3.8) is 0 Å². The van der Waals surface area contributed by atoms with Crippen molar-refractivity contribution < 1.29 is 18.1 Å². The Bertz CT molecular complexity index is 1510. The lowest BCUT2D eigenvalue weighted by atomic mass is 10.2. The van der Waals surface area contributed by atoms with Crippen LogP contribution in [0.1, 0.15) is 33.5 Å². The Labute approximate surface area is 208 Å². The molecule has 1 aliphatic heterocycles. The summed E-state index contributed by atoms with van der Waals surface area (Å²) in [7, 11) is 0. The van der Waals surface area contributed by atoms with E-state index >= 15 is 0 Å². The number of aromatic nitrogens is 6. The first-order valence-electron chi connectivity index (χ1n) is 11.1. The fourth-order valence-corrected chi connectivity index (χ4v) is 3.79. The minimum absolute atomic E-state index is 0.00232. The van der Waals surface area contributed by atoms with Crippen LogP contribution in [-0.4, -0.2) is 48.1 Å². The quantitative estimate of drug-likeness (QED) is 0.352. The number of primary amides is 1. The lowest BCUT2D eigenvalue weighted by molar-refractivity contribution is 0.0985. The molecule has 188 valence electrons. The molecular weight excluding hydrogens is 486 g/mol. The van der Waals surface area contributed by atoms with E-state index < -0.39 is 17.5 Å². The second kappa shape index (κ2) is 9.93. The van der Waals surface area contributed by atoms with Crippen LogP contribution >= 0.6 is 0 Å². The van der Waals surface area contributed by atoms with E-state index in [-0.39, 0.29) is 36.3 Å². The van der Waals surface area contributed by atoms with Gasteiger partial charge in [0.2, 0.25) is 5.82 Å². The summed E-state index contributed by atoms with van der Waals surface area (Å²) in [6, 6.07) is 7.83. The molecule has 0 bridgehead atoms. The zero-order chi connectivity index (χ0) is 25.9. The normalized spacial score (nSPS) is 14.1. The zero-order valence-electron chi connectivity index (χ0n) is 19.3. The third-order valence-electron chi connectivity index (χ3n) is 5.63. The Morgan fingerprint density at radius 3 is 2.73 bits per heavy atom. The maximum absolute atomic E-state index is 14.7. The Morgan fingerprint density at radius 2 is 1.97 bits per heavy atom. The van der Waals surface area contributed by atoms with E-state index in [1.165, 1.54) is 18.4 Å². The van der Waals surface area contributed by atoms with Gasteiger partial charge in [0.25, 0.3) is 5.91 Å². The molecule has 0 atom stereocenters. The van der Waals surface area contributed by atoms with Crippen molar-refractivity contribution in [2.24, 2.45) is 16.5 Å². The van der Waals surface area contributed by atoms with E-state index in [1.54, 1.807) is 33.7 Å². The molecule has 1 aromatic carbocycles. The smallest absolute Gasteiger partial charge is 0.286 e. The minimum atomic E-state index is -0.694. The van der Waals surface area contributed by atoms with Crippen LogP contribution in [0.4, 0.5) is 14.6 Å². The van der Waals surface area contributed by atoms with E-state index in [0.717, 1.165) is 6.20 Å². The molecule has 4 heterocycles. The van der Waals surface area contributed by atoms with Gasteiger partial charge in [-0.25, -0.2) is 18.7 Å². The predicted molar refractivity (Wildman–Crippen MR) is 127 cm³/mol. The van der Waals surface area contributed by atoms with Crippen LogP contribution in [0.5, 0.6) is 0 Å². The third kappa shape index (κ3) is 4.89. The number of nitrogens with two attached hydrogens (primary N) is 2. The van der Waals surface area contributed by atoms with Crippen molar-refractivity contribution >= 4 is 23.1 Å². The molecule has 0 saturated carbocycles. The van der Waals surface area contributed by atoms with E-state index in [9.17, 15) is 13.6 Å². The van der Waals surface area contributed by atoms with Gasteiger partial charge in [-0.1, -0.05) is 23.4 Å². The maximum atomic E-state index is 14.7. The average Bonchev–Trinajstić information content (AvgIpc) is 3.57. The Hall–Kier alpha value is -5.01. The van der Waals surface area contributed by atoms with E-state index in [4.69, 9.17) is 16.0 Å². The molecule has 5 rings (SSSR count). The highest BCUT2D eigenvalue weighted by Gasteiger charge is 2.26. The van der Waals surface area contributed by atoms with Crippen molar-refractivity contribution in [2.75, 3.05) is 11.4 Å². The Morgan fingerprint density at radius 1 is 1.14 bits per heavy atom. The second-order valence-corrected chi connectivity index (χ2v) is 8.02. The molecule has 0 fully saturated rings.